The van der Waals surface area contributed by atoms with Crippen molar-refractivity contribution in [2.45, 2.75) is 70.4 Å². The Morgan fingerprint density at radius 2 is 1.90 bits per heavy atom. The summed E-state index contributed by atoms with van der Waals surface area (Å²) in [4.78, 5) is 7.14. The van der Waals surface area contributed by atoms with Crippen LogP contribution in [0.1, 0.15) is 57.4 Å². The number of piperidine rings is 1. The molecule has 2 fully saturated rings. The van der Waals surface area contributed by atoms with Crippen molar-refractivity contribution in [3.05, 3.63) is 23.8 Å². The topological polar surface area (TPSA) is 58.1 Å². The van der Waals surface area contributed by atoms with Crippen molar-refractivity contribution in [3.63, 3.8) is 0 Å². The lowest BCUT2D eigenvalue weighted by atomic mass is 10.0. The van der Waals surface area contributed by atoms with Crippen molar-refractivity contribution in [3.8, 4) is 11.5 Å². The zero-order valence-corrected chi connectivity index (χ0v) is 19.1. The fourth-order valence-corrected chi connectivity index (χ4v) is 4.71. The first-order valence-electron chi connectivity index (χ1n) is 11.7. The summed E-state index contributed by atoms with van der Waals surface area (Å²) in [6.45, 7) is 5.98. The summed E-state index contributed by atoms with van der Waals surface area (Å²) in [6, 6.07) is 7.58. The van der Waals surface area contributed by atoms with E-state index >= 15 is 0 Å². The molecule has 0 unspecified atom stereocenters. The molecule has 1 aliphatic heterocycles. The van der Waals surface area contributed by atoms with E-state index < -0.39 is 0 Å². The minimum absolute atomic E-state index is 0.532. The zero-order valence-electron chi connectivity index (χ0n) is 19.1. The molecule has 0 bridgehead atoms. The van der Waals surface area contributed by atoms with E-state index in [4.69, 9.17) is 9.47 Å². The minimum atomic E-state index is 0.532. The molecule has 0 spiro atoms. The van der Waals surface area contributed by atoms with Gasteiger partial charge in [-0.05, 0) is 63.1 Å². The van der Waals surface area contributed by atoms with E-state index in [-0.39, 0.29) is 0 Å². The van der Waals surface area contributed by atoms with Crippen LogP contribution in [0.3, 0.4) is 0 Å². The Bertz CT molecular complexity index is 665. The standard InChI is InChI=1S/C24H40N4O2/c1-4-30-23-18-19(11-12-22(23)29-3)8-7-15-26-24(25-2)27-20-13-16-28(17-14-20)21-9-5-6-10-21/h11-12,18,20-21H,4-10,13-17H2,1-3H3,(H2,25,26,27). The van der Waals surface area contributed by atoms with Crippen LogP contribution in [-0.4, -0.2) is 63.3 Å². The molecule has 30 heavy (non-hydrogen) atoms. The van der Waals surface area contributed by atoms with Crippen molar-refractivity contribution in [2.24, 2.45) is 4.99 Å². The Labute approximate surface area is 182 Å². The summed E-state index contributed by atoms with van der Waals surface area (Å²) in [5.74, 6) is 2.55. The molecular formula is C24H40N4O2. The van der Waals surface area contributed by atoms with Crippen LogP contribution in [0.15, 0.2) is 23.2 Å². The Balaban J connectivity index is 1.36. The highest BCUT2D eigenvalue weighted by molar-refractivity contribution is 5.79. The van der Waals surface area contributed by atoms with E-state index in [0.29, 0.717) is 12.6 Å². The van der Waals surface area contributed by atoms with E-state index in [1.165, 1.54) is 57.2 Å². The number of ether oxygens (including phenoxy) is 2. The maximum absolute atomic E-state index is 5.68. The van der Waals surface area contributed by atoms with Crippen LogP contribution >= 0.6 is 0 Å². The maximum atomic E-state index is 5.68. The molecule has 1 aliphatic carbocycles. The highest BCUT2D eigenvalue weighted by Gasteiger charge is 2.27. The third-order valence-electron chi connectivity index (χ3n) is 6.40. The second-order valence-corrected chi connectivity index (χ2v) is 8.41. The minimum Gasteiger partial charge on any atom is -0.493 e. The molecule has 0 radical (unpaired) electrons. The van der Waals surface area contributed by atoms with Crippen molar-refractivity contribution >= 4 is 5.96 Å². The number of methoxy groups -OCH3 is 1. The first kappa shape index (κ1) is 22.7. The zero-order chi connectivity index (χ0) is 21.2. The molecular weight excluding hydrogens is 376 g/mol. The first-order valence-corrected chi connectivity index (χ1v) is 11.7. The molecule has 168 valence electrons. The number of benzene rings is 1. The van der Waals surface area contributed by atoms with Gasteiger partial charge in [0, 0.05) is 38.8 Å². The molecule has 0 amide bonds. The maximum Gasteiger partial charge on any atom is 0.191 e. The molecule has 2 aliphatic rings. The second kappa shape index (κ2) is 12.0. The lowest BCUT2D eigenvalue weighted by Crippen LogP contribution is -2.50. The lowest BCUT2D eigenvalue weighted by Gasteiger charge is -2.36. The van der Waals surface area contributed by atoms with E-state index in [9.17, 15) is 0 Å². The lowest BCUT2D eigenvalue weighted by molar-refractivity contribution is 0.150. The number of guanidine groups is 1. The van der Waals surface area contributed by atoms with Gasteiger partial charge in [0.25, 0.3) is 0 Å². The molecule has 0 aromatic heterocycles. The summed E-state index contributed by atoms with van der Waals surface area (Å²) < 4.78 is 11.0. The van der Waals surface area contributed by atoms with Crippen molar-refractivity contribution in [1.82, 2.24) is 15.5 Å². The van der Waals surface area contributed by atoms with Gasteiger partial charge in [0.15, 0.2) is 17.5 Å². The Morgan fingerprint density at radius 1 is 1.13 bits per heavy atom. The molecule has 2 N–H and O–H groups in total. The highest BCUT2D eigenvalue weighted by atomic mass is 16.5. The summed E-state index contributed by atoms with van der Waals surface area (Å²) in [6.07, 6.45) is 10.1. The normalized spacial score (nSPS) is 19.1. The Hall–Kier alpha value is -1.95. The van der Waals surface area contributed by atoms with Crippen LogP contribution in [-0.2, 0) is 6.42 Å². The number of hydrogen-bond acceptors (Lipinski definition) is 4. The summed E-state index contributed by atoms with van der Waals surface area (Å²) in [5.41, 5.74) is 1.27. The summed E-state index contributed by atoms with van der Waals surface area (Å²) in [5, 5.41) is 7.12. The number of hydrogen-bond donors (Lipinski definition) is 2. The van der Waals surface area contributed by atoms with E-state index in [1.807, 2.05) is 20.0 Å². The number of aliphatic imine (C=N–C) groups is 1. The number of rotatable bonds is 9. The average Bonchev–Trinajstić information content (AvgIpc) is 3.32. The second-order valence-electron chi connectivity index (χ2n) is 8.41. The smallest absolute Gasteiger partial charge is 0.191 e. The number of nitrogens with one attached hydrogen (secondary N) is 2. The molecule has 1 aromatic carbocycles. The molecule has 6 nitrogen and oxygen atoms in total. The summed E-state index contributed by atoms with van der Waals surface area (Å²) in [7, 11) is 3.54. The van der Waals surface area contributed by atoms with Crippen LogP contribution in [0, 0.1) is 0 Å². The number of likely N-dealkylation sites (tertiary alicyclic amines) is 1. The fraction of sp³-hybridized carbons (Fsp3) is 0.708. The molecule has 1 aromatic rings. The van der Waals surface area contributed by atoms with Gasteiger partial charge in [0.1, 0.15) is 0 Å². The first-order chi connectivity index (χ1) is 14.7. The van der Waals surface area contributed by atoms with E-state index in [2.05, 4.69) is 32.7 Å². The molecule has 0 atom stereocenters. The van der Waals surface area contributed by atoms with Gasteiger partial charge in [-0.25, -0.2) is 0 Å². The largest absolute Gasteiger partial charge is 0.493 e. The van der Waals surface area contributed by atoms with E-state index in [0.717, 1.165) is 42.9 Å². The van der Waals surface area contributed by atoms with Gasteiger partial charge in [0.2, 0.25) is 0 Å². The van der Waals surface area contributed by atoms with Gasteiger partial charge < -0.3 is 25.0 Å². The highest BCUT2D eigenvalue weighted by Crippen LogP contribution is 2.28. The summed E-state index contributed by atoms with van der Waals surface area (Å²) >= 11 is 0. The molecule has 1 saturated carbocycles. The predicted octanol–water partition coefficient (Wildman–Crippen LogP) is 3.60. The van der Waals surface area contributed by atoms with Gasteiger partial charge in [-0.3, -0.25) is 4.99 Å². The van der Waals surface area contributed by atoms with Crippen molar-refractivity contribution in [1.29, 1.82) is 0 Å². The Kier molecular flexibility index (Phi) is 9.12. The third kappa shape index (κ3) is 6.53. The Morgan fingerprint density at radius 3 is 2.57 bits per heavy atom. The quantitative estimate of drug-likeness (QED) is 0.366. The molecule has 3 rings (SSSR count). The number of aryl methyl sites for hydroxylation is 1. The molecule has 6 heteroatoms. The van der Waals surface area contributed by atoms with E-state index in [1.54, 1.807) is 7.11 Å². The van der Waals surface area contributed by atoms with Crippen LogP contribution in [0.25, 0.3) is 0 Å². The predicted molar refractivity (Wildman–Crippen MR) is 124 cm³/mol. The van der Waals surface area contributed by atoms with Crippen LogP contribution < -0.4 is 20.1 Å². The van der Waals surface area contributed by atoms with Crippen LogP contribution in [0.4, 0.5) is 0 Å². The SMILES string of the molecule is CCOc1cc(CCCNC(=NC)NC2CCN(C3CCCC3)CC2)ccc1OC. The van der Waals surface area contributed by atoms with Gasteiger partial charge >= 0.3 is 0 Å². The monoisotopic (exact) mass is 416 g/mol. The molecule has 1 heterocycles. The third-order valence-corrected chi connectivity index (χ3v) is 6.40. The average molecular weight is 417 g/mol. The van der Waals surface area contributed by atoms with Gasteiger partial charge in [-0.15, -0.1) is 0 Å². The molecule has 1 saturated heterocycles. The number of nitrogens with zero attached hydrogens (tertiary/aromatic N) is 2. The van der Waals surface area contributed by atoms with Gasteiger partial charge in [-0.2, -0.15) is 0 Å². The van der Waals surface area contributed by atoms with Crippen LogP contribution in [0.2, 0.25) is 0 Å². The van der Waals surface area contributed by atoms with Crippen molar-refractivity contribution < 1.29 is 9.47 Å². The van der Waals surface area contributed by atoms with Gasteiger partial charge in [0.05, 0.1) is 13.7 Å². The fourth-order valence-electron chi connectivity index (χ4n) is 4.71. The van der Waals surface area contributed by atoms with Gasteiger partial charge in [-0.1, -0.05) is 18.9 Å². The van der Waals surface area contributed by atoms with Crippen LogP contribution in [0.5, 0.6) is 11.5 Å². The van der Waals surface area contributed by atoms with Crippen molar-refractivity contribution in [2.75, 3.05) is 40.4 Å².